The SMILES string of the molecule is COCCOc1cc2ncc(C#N)c(Nc3ccc(F)c(Cl)c3)c2cc1NC(=O)C=C1CCN(CCOC)CC1. The predicted molar refractivity (Wildman–Crippen MR) is 153 cm³/mol. The number of amides is 1. The molecule has 11 heteroatoms. The van der Waals surface area contributed by atoms with Gasteiger partial charge in [-0.25, -0.2) is 4.39 Å². The van der Waals surface area contributed by atoms with Gasteiger partial charge in [0.2, 0.25) is 5.91 Å². The summed E-state index contributed by atoms with van der Waals surface area (Å²) in [4.78, 5) is 19.8. The van der Waals surface area contributed by atoms with Crippen LogP contribution in [0, 0.1) is 17.1 Å². The van der Waals surface area contributed by atoms with Crippen LogP contribution >= 0.6 is 11.6 Å². The summed E-state index contributed by atoms with van der Waals surface area (Å²) >= 11 is 5.97. The fraction of sp³-hybridized carbons (Fsp3) is 0.345. The van der Waals surface area contributed by atoms with Crippen LogP contribution in [-0.4, -0.2) is 69.5 Å². The highest BCUT2D eigenvalue weighted by atomic mass is 35.5. The van der Waals surface area contributed by atoms with Gasteiger partial charge < -0.3 is 29.7 Å². The third-order valence-electron chi connectivity index (χ3n) is 6.53. The lowest BCUT2D eigenvalue weighted by Gasteiger charge is -2.27. The average molecular weight is 568 g/mol. The number of nitrogens with zero attached hydrogens (tertiary/aromatic N) is 3. The fourth-order valence-electron chi connectivity index (χ4n) is 4.39. The van der Waals surface area contributed by atoms with Crippen LogP contribution in [0.2, 0.25) is 5.02 Å². The monoisotopic (exact) mass is 567 g/mol. The number of carbonyl (C=O) groups is 1. The van der Waals surface area contributed by atoms with Crippen molar-refractivity contribution in [3.05, 3.63) is 64.6 Å². The quantitative estimate of drug-likeness (QED) is 0.238. The topological polar surface area (TPSA) is 109 Å². The molecule has 0 atom stereocenters. The smallest absolute Gasteiger partial charge is 0.248 e. The van der Waals surface area contributed by atoms with Gasteiger partial charge in [0.25, 0.3) is 0 Å². The summed E-state index contributed by atoms with van der Waals surface area (Å²) in [5.41, 5.74) is 3.21. The van der Waals surface area contributed by atoms with Gasteiger partial charge in [-0.3, -0.25) is 9.78 Å². The van der Waals surface area contributed by atoms with Crippen molar-refractivity contribution in [2.45, 2.75) is 12.8 Å². The van der Waals surface area contributed by atoms with Crippen molar-refractivity contribution in [1.29, 1.82) is 5.26 Å². The van der Waals surface area contributed by atoms with Crippen LogP contribution < -0.4 is 15.4 Å². The number of aromatic nitrogens is 1. The van der Waals surface area contributed by atoms with E-state index in [1.165, 1.54) is 24.4 Å². The second-order valence-electron chi connectivity index (χ2n) is 9.25. The number of nitrogens with one attached hydrogen (secondary N) is 2. The number of hydrogen-bond donors (Lipinski definition) is 2. The number of halogens is 2. The van der Waals surface area contributed by atoms with Gasteiger partial charge in [-0.1, -0.05) is 17.2 Å². The summed E-state index contributed by atoms with van der Waals surface area (Å²) < 4.78 is 29.9. The summed E-state index contributed by atoms with van der Waals surface area (Å²) in [7, 11) is 3.26. The molecule has 2 N–H and O–H groups in total. The molecule has 1 saturated heterocycles. The number of methoxy groups -OCH3 is 2. The molecule has 9 nitrogen and oxygen atoms in total. The fourth-order valence-corrected chi connectivity index (χ4v) is 4.57. The van der Waals surface area contributed by atoms with Gasteiger partial charge in [-0.15, -0.1) is 0 Å². The second kappa shape index (κ2) is 14.1. The molecule has 0 aliphatic carbocycles. The Morgan fingerprint density at radius 1 is 1.18 bits per heavy atom. The van der Waals surface area contributed by atoms with Gasteiger partial charge in [0, 0.05) is 63.3 Å². The first-order valence-electron chi connectivity index (χ1n) is 12.8. The minimum absolute atomic E-state index is 0.0544. The van der Waals surface area contributed by atoms with E-state index in [-0.39, 0.29) is 23.1 Å². The molecular formula is C29H31ClFN5O4. The highest BCUT2D eigenvalue weighted by molar-refractivity contribution is 6.31. The number of benzene rings is 2. The zero-order valence-corrected chi connectivity index (χ0v) is 23.2. The summed E-state index contributed by atoms with van der Waals surface area (Å²) in [6.45, 7) is 3.91. The van der Waals surface area contributed by atoms with Gasteiger partial charge in [0.15, 0.2) is 0 Å². The van der Waals surface area contributed by atoms with E-state index in [9.17, 15) is 14.4 Å². The molecule has 1 aromatic heterocycles. The molecular weight excluding hydrogens is 537 g/mol. The number of hydrogen-bond acceptors (Lipinski definition) is 8. The van der Waals surface area contributed by atoms with Crippen molar-refractivity contribution in [1.82, 2.24) is 9.88 Å². The minimum atomic E-state index is -0.551. The zero-order chi connectivity index (χ0) is 28.5. The van der Waals surface area contributed by atoms with Crippen LogP contribution in [0.25, 0.3) is 10.9 Å². The van der Waals surface area contributed by atoms with E-state index in [1.54, 1.807) is 32.4 Å². The average Bonchev–Trinajstić information content (AvgIpc) is 2.95. The van der Waals surface area contributed by atoms with Crippen LogP contribution in [0.5, 0.6) is 5.75 Å². The van der Waals surface area contributed by atoms with Crippen molar-refractivity contribution in [2.24, 2.45) is 0 Å². The van der Waals surface area contributed by atoms with E-state index < -0.39 is 5.82 Å². The number of pyridine rings is 1. The van der Waals surface area contributed by atoms with Gasteiger partial charge >= 0.3 is 0 Å². The number of carbonyl (C=O) groups excluding carboxylic acids is 1. The van der Waals surface area contributed by atoms with E-state index in [0.29, 0.717) is 46.9 Å². The number of ether oxygens (including phenoxy) is 3. The van der Waals surface area contributed by atoms with Crippen molar-refractivity contribution in [3.8, 4) is 11.8 Å². The minimum Gasteiger partial charge on any atom is -0.489 e. The summed E-state index contributed by atoms with van der Waals surface area (Å²) in [6, 6.07) is 9.74. The molecule has 4 rings (SSSR count). The van der Waals surface area contributed by atoms with Crippen LogP contribution in [0.4, 0.5) is 21.5 Å². The van der Waals surface area contributed by atoms with E-state index in [1.807, 2.05) is 0 Å². The lowest BCUT2D eigenvalue weighted by molar-refractivity contribution is -0.112. The molecule has 1 fully saturated rings. The Balaban J connectivity index is 1.65. The van der Waals surface area contributed by atoms with E-state index in [0.717, 1.165) is 38.0 Å². The van der Waals surface area contributed by atoms with E-state index >= 15 is 0 Å². The van der Waals surface area contributed by atoms with Crippen LogP contribution in [0.3, 0.4) is 0 Å². The Bertz CT molecular complexity index is 1430. The lowest BCUT2D eigenvalue weighted by atomic mass is 10.0. The molecule has 1 aliphatic heterocycles. The summed E-state index contributed by atoms with van der Waals surface area (Å²) in [5, 5.41) is 16.4. The molecule has 0 radical (unpaired) electrons. The number of rotatable bonds is 11. The number of fused-ring (bicyclic) bond motifs is 1. The zero-order valence-electron chi connectivity index (χ0n) is 22.4. The number of nitriles is 1. The molecule has 1 amide bonds. The molecule has 0 bridgehead atoms. The standard InChI is InChI=1S/C29H31ClFN5O4/c1-38-10-9-36-7-5-19(6-8-36)13-28(37)35-26-15-22-25(16-27(26)40-12-11-39-2)33-18-20(17-32)29(22)34-21-3-4-24(31)23(30)14-21/h3-4,13-16,18H,5-12H2,1-2H3,(H,33,34)(H,35,37). The van der Waals surface area contributed by atoms with E-state index in [2.05, 4.69) is 26.6 Å². The highest BCUT2D eigenvalue weighted by Crippen LogP contribution is 2.36. The highest BCUT2D eigenvalue weighted by Gasteiger charge is 2.18. The molecule has 1 aliphatic rings. The number of anilines is 3. The first-order valence-corrected chi connectivity index (χ1v) is 13.2. The third-order valence-corrected chi connectivity index (χ3v) is 6.82. The van der Waals surface area contributed by atoms with Crippen LogP contribution in [0.1, 0.15) is 18.4 Å². The lowest BCUT2D eigenvalue weighted by Crippen LogP contribution is -2.33. The molecule has 0 saturated carbocycles. The van der Waals surface area contributed by atoms with Gasteiger partial charge in [0.1, 0.15) is 24.2 Å². The Morgan fingerprint density at radius 2 is 1.95 bits per heavy atom. The van der Waals surface area contributed by atoms with Crippen molar-refractivity contribution < 1.29 is 23.4 Å². The molecule has 0 spiro atoms. The molecule has 40 heavy (non-hydrogen) atoms. The van der Waals surface area contributed by atoms with Crippen molar-refractivity contribution in [3.63, 3.8) is 0 Å². The summed E-state index contributed by atoms with van der Waals surface area (Å²) in [6.07, 6.45) is 4.68. The Hall–Kier alpha value is -3.75. The van der Waals surface area contributed by atoms with Crippen molar-refractivity contribution in [2.75, 3.05) is 64.3 Å². The van der Waals surface area contributed by atoms with E-state index in [4.69, 9.17) is 25.8 Å². The maximum Gasteiger partial charge on any atom is 0.248 e. The van der Waals surface area contributed by atoms with Gasteiger partial charge in [0.05, 0.1) is 40.7 Å². The third kappa shape index (κ3) is 7.46. The van der Waals surface area contributed by atoms with Gasteiger partial charge in [-0.2, -0.15) is 5.26 Å². The molecule has 0 unspecified atom stereocenters. The molecule has 210 valence electrons. The maximum atomic E-state index is 13.7. The van der Waals surface area contributed by atoms with Crippen LogP contribution in [-0.2, 0) is 14.3 Å². The first-order chi connectivity index (χ1) is 19.4. The second-order valence-corrected chi connectivity index (χ2v) is 9.65. The predicted octanol–water partition coefficient (Wildman–Crippen LogP) is 5.27. The van der Waals surface area contributed by atoms with Crippen LogP contribution in [0.15, 0.2) is 48.2 Å². The first kappa shape index (κ1) is 29.2. The Kier molecular flexibility index (Phi) is 10.3. The largest absolute Gasteiger partial charge is 0.489 e. The maximum absolute atomic E-state index is 13.7. The molecule has 3 aromatic rings. The normalized spacial score (nSPS) is 13.6. The van der Waals surface area contributed by atoms with Gasteiger partial charge in [-0.05, 0) is 37.1 Å². The Labute approximate surface area is 237 Å². The Morgan fingerprint density at radius 3 is 2.65 bits per heavy atom. The molecule has 2 heterocycles. The molecule has 2 aromatic carbocycles. The number of likely N-dealkylation sites (tertiary alicyclic amines) is 1. The van der Waals surface area contributed by atoms with Crippen molar-refractivity contribution >= 4 is 45.5 Å². The summed E-state index contributed by atoms with van der Waals surface area (Å²) in [5.74, 6) is -0.413. The number of piperidine rings is 1.